The molecule has 0 aliphatic heterocycles. The summed E-state index contributed by atoms with van der Waals surface area (Å²) in [7, 11) is 1.67. The number of nitrogens with zero attached hydrogens (tertiary/aromatic N) is 1. The molecule has 1 heterocycles. The number of carbonyl (C=O) groups is 1. The standard InChI is InChI=1S/C16H19NO2S/c1-19-16(9-5-2-6-10-16)14(18)11-15-17-12-7-3-4-8-13(12)20-15/h3-4,7-8H,2,5-6,9-11H2,1H3. The Morgan fingerprint density at radius 3 is 2.75 bits per heavy atom. The highest BCUT2D eigenvalue weighted by Crippen LogP contribution is 2.33. The maximum Gasteiger partial charge on any atom is 0.171 e. The van der Waals surface area contributed by atoms with Crippen LogP contribution in [0, 0.1) is 0 Å². The second-order valence-corrected chi connectivity index (χ2v) is 6.55. The van der Waals surface area contributed by atoms with Gasteiger partial charge in [0.2, 0.25) is 0 Å². The molecule has 1 aromatic heterocycles. The van der Waals surface area contributed by atoms with Crippen molar-refractivity contribution in [2.75, 3.05) is 7.11 Å². The lowest BCUT2D eigenvalue weighted by molar-refractivity contribution is -0.144. The van der Waals surface area contributed by atoms with E-state index in [1.54, 1.807) is 18.4 Å². The minimum atomic E-state index is -0.559. The molecule has 0 amide bonds. The van der Waals surface area contributed by atoms with Gasteiger partial charge in [0, 0.05) is 7.11 Å². The van der Waals surface area contributed by atoms with Gasteiger partial charge in [0.15, 0.2) is 5.78 Å². The van der Waals surface area contributed by atoms with Gasteiger partial charge < -0.3 is 4.74 Å². The summed E-state index contributed by atoms with van der Waals surface area (Å²) < 4.78 is 6.76. The summed E-state index contributed by atoms with van der Waals surface area (Å²) in [5.74, 6) is 0.193. The number of aromatic nitrogens is 1. The molecule has 20 heavy (non-hydrogen) atoms. The molecule has 1 fully saturated rings. The monoisotopic (exact) mass is 289 g/mol. The molecule has 3 nitrogen and oxygen atoms in total. The molecule has 1 aliphatic carbocycles. The molecular formula is C16H19NO2S. The number of methoxy groups -OCH3 is 1. The number of hydrogen-bond acceptors (Lipinski definition) is 4. The molecule has 2 aromatic rings. The van der Waals surface area contributed by atoms with Crippen molar-refractivity contribution in [1.29, 1.82) is 0 Å². The van der Waals surface area contributed by atoms with Crippen LogP contribution in [0.5, 0.6) is 0 Å². The normalized spacial score (nSPS) is 18.2. The molecule has 1 saturated carbocycles. The van der Waals surface area contributed by atoms with Crippen LogP contribution in [0.4, 0.5) is 0 Å². The van der Waals surface area contributed by atoms with Gasteiger partial charge in [0.25, 0.3) is 0 Å². The fraction of sp³-hybridized carbons (Fsp3) is 0.500. The van der Waals surface area contributed by atoms with Crippen LogP contribution < -0.4 is 0 Å². The SMILES string of the molecule is COC1(C(=O)Cc2nc3ccccc3s2)CCCCC1. The summed E-state index contributed by atoms with van der Waals surface area (Å²) >= 11 is 1.61. The van der Waals surface area contributed by atoms with Gasteiger partial charge in [-0.3, -0.25) is 4.79 Å². The van der Waals surface area contributed by atoms with Crippen molar-refractivity contribution in [3.05, 3.63) is 29.3 Å². The van der Waals surface area contributed by atoms with Gasteiger partial charge in [0.05, 0.1) is 16.6 Å². The van der Waals surface area contributed by atoms with E-state index in [1.807, 2.05) is 24.3 Å². The Labute approximate surface area is 123 Å². The number of carbonyl (C=O) groups excluding carboxylic acids is 1. The fourth-order valence-corrected chi connectivity index (χ4v) is 3.98. The Balaban J connectivity index is 1.80. The molecule has 4 heteroatoms. The highest BCUT2D eigenvalue weighted by molar-refractivity contribution is 7.18. The van der Waals surface area contributed by atoms with E-state index in [-0.39, 0.29) is 5.78 Å². The van der Waals surface area contributed by atoms with Gasteiger partial charge in [-0.05, 0) is 25.0 Å². The van der Waals surface area contributed by atoms with Crippen molar-refractivity contribution in [3.8, 4) is 0 Å². The van der Waals surface area contributed by atoms with E-state index in [0.29, 0.717) is 6.42 Å². The maximum absolute atomic E-state index is 12.6. The summed E-state index contributed by atoms with van der Waals surface area (Å²) in [6.45, 7) is 0. The van der Waals surface area contributed by atoms with Crippen molar-refractivity contribution in [2.24, 2.45) is 0 Å². The number of hydrogen-bond donors (Lipinski definition) is 0. The van der Waals surface area contributed by atoms with Gasteiger partial charge in [0.1, 0.15) is 10.6 Å². The van der Waals surface area contributed by atoms with Gasteiger partial charge in [-0.15, -0.1) is 11.3 Å². The number of fused-ring (bicyclic) bond motifs is 1. The Morgan fingerprint density at radius 1 is 1.30 bits per heavy atom. The lowest BCUT2D eigenvalue weighted by Gasteiger charge is -2.34. The highest BCUT2D eigenvalue weighted by atomic mass is 32.1. The van der Waals surface area contributed by atoms with Crippen LogP contribution in [-0.4, -0.2) is 23.5 Å². The van der Waals surface area contributed by atoms with Crippen molar-refractivity contribution in [1.82, 2.24) is 4.98 Å². The number of rotatable bonds is 4. The minimum Gasteiger partial charge on any atom is -0.370 e. The molecule has 1 aliphatic rings. The van der Waals surface area contributed by atoms with Gasteiger partial charge in [-0.25, -0.2) is 4.98 Å². The predicted octanol–water partition coefficient (Wildman–Crippen LogP) is 3.76. The van der Waals surface area contributed by atoms with Crippen LogP contribution in [-0.2, 0) is 16.0 Å². The fourth-order valence-electron chi connectivity index (χ4n) is 3.01. The predicted molar refractivity (Wildman–Crippen MR) is 81.2 cm³/mol. The van der Waals surface area contributed by atoms with Crippen LogP contribution in [0.15, 0.2) is 24.3 Å². The number of ether oxygens (including phenoxy) is 1. The average molecular weight is 289 g/mol. The van der Waals surface area contributed by atoms with E-state index in [2.05, 4.69) is 4.98 Å². The summed E-state index contributed by atoms with van der Waals surface area (Å²) in [6, 6.07) is 8.02. The topological polar surface area (TPSA) is 39.2 Å². The number of benzene rings is 1. The molecule has 106 valence electrons. The summed E-state index contributed by atoms with van der Waals surface area (Å²) in [6.07, 6.45) is 5.48. The van der Waals surface area contributed by atoms with Crippen LogP contribution >= 0.6 is 11.3 Å². The van der Waals surface area contributed by atoms with Gasteiger partial charge in [-0.1, -0.05) is 31.4 Å². The zero-order valence-electron chi connectivity index (χ0n) is 11.7. The van der Waals surface area contributed by atoms with Crippen molar-refractivity contribution in [2.45, 2.75) is 44.1 Å². The largest absolute Gasteiger partial charge is 0.370 e. The van der Waals surface area contributed by atoms with Crippen molar-refractivity contribution < 1.29 is 9.53 Å². The average Bonchev–Trinajstić information content (AvgIpc) is 2.90. The van der Waals surface area contributed by atoms with Crippen LogP contribution in [0.1, 0.15) is 37.1 Å². The van der Waals surface area contributed by atoms with E-state index < -0.39 is 5.60 Å². The Bertz CT molecular complexity index is 581. The lowest BCUT2D eigenvalue weighted by Crippen LogP contribution is -2.43. The zero-order valence-corrected chi connectivity index (χ0v) is 12.5. The van der Waals surface area contributed by atoms with Crippen molar-refractivity contribution >= 4 is 27.3 Å². The highest BCUT2D eigenvalue weighted by Gasteiger charge is 2.39. The number of thiazole rings is 1. The first-order valence-electron chi connectivity index (χ1n) is 7.16. The van der Waals surface area contributed by atoms with Gasteiger partial charge >= 0.3 is 0 Å². The molecular weight excluding hydrogens is 270 g/mol. The third kappa shape index (κ3) is 2.50. The second kappa shape index (κ2) is 5.62. The van der Waals surface area contributed by atoms with E-state index in [0.717, 1.165) is 40.9 Å². The lowest BCUT2D eigenvalue weighted by atomic mass is 9.80. The molecule has 1 aromatic carbocycles. The number of ketones is 1. The summed E-state index contributed by atoms with van der Waals surface area (Å²) in [4.78, 5) is 17.2. The second-order valence-electron chi connectivity index (χ2n) is 5.43. The quantitative estimate of drug-likeness (QED) is 0.860. The van der Waals surface area contributed by atoms with Crippen LogP contribution in [0.2, 0.25) is 0 Å². The molecule has 0 unspecified atom stereocenters. The van der Waals surface area contributed by atoms with E-state index in [4.69, 9.17) is 4.74 Å². The molecule has 0 saturated heterocycles. The van der Waals surface area contributed by atoms with Crippen molar-refractivity contribution in [3.63, 3.8) is 0 Å². The zero-order chi connectivity index (χ0) is 14.0. The summed E-state index contributed by atoms with van der Waals surface area (Å²) in [5, 5.41) is 0.901. The van der Waals surface area contributed by atoms with Crippen LogP contribution in [0.25, 0.3) is 10.2 Å². The Morgan fingerprint density at radius 2 is 2.05 bits per heavy atom. The van der Waals surface area contributed by atoms with Crippen LogP contribution in [0.3, 0.4) is 0 Å². The van der Waals surface area contributed by atoms with Gasteiger partial charge in [-0.2, -0.15) is 0 Å². The third-order valence-electron chi connectivity index (χ3n) is 4.21. The maximum atomic E-state index is 12.6. The minimum absolute atomic E-state index is 0.193. The third-order valence-corrected chi connectivity index (χ3v) is 5.25. The first-order chi connectivity index (χ1) is 9.73. The number of Topliss-reactive ketones (excluding diaryl/α,β-unsaturated/α-hetero) is 1. The first kappa shape index (κ1) is 13.7. The number of para-hydroxylation sites is 1. The van der Waals surface area contributed by atoms with E-state index in [1.165, 1.54) is 6.42 Å². The molecule has 0 N–H and O–H groups in total. The summed E-state index contributed by atoms with van der Waals surface area (Å²) in [5.41, 5.74) is 0.422. The van der Waals surface area contributed by atoms with E-state index in [9.17, 15) is 4.79 Å². The molecule has 0 atom stereocenters. The molecule has 0 spiro atoms. The Kier molecular flexibility index (Phi) is 3.85. The molecule has 0 bridgehead atoms. The molecule has 0 radical (unpaired) electrons. The Hall–Kier alpha value is -1.26. The van der Waals surface area contributed by atoms with E-state index >= 15 is 0 Å². The smallest absolute Gasteiger partial charge is 0.171 e. The molecule has 3 rings (SSSR count). The first-order valence-corrected chi connectivity index (χ1v) is 7.98.